The van der Waals surface area contributed by atoms with Crippen molar-refractivity contribution >= 4 is 0 Å². The van der Waals surface area contributed by atoms with Crippen molar-refractivity contribution in [1.29, 1.82) is 0 Å². The van der Waals surface area contributed by atoms with E-state index in [9.17, 15) is 0 Å². The van der Waals surface area contributed by atoms with Gasteiger partial charge in [0.05, 0.1) is 5.69 Å². The Labute approximate surface area is 122 Å². The van der Waals surface area contributed by atoms with E-state index in [2.05, 4.69) is 47.7 Å². The van der Waals surface area contributed by atoms with Crippen LogP contribution in [-0.2, 0) is 13.0 Å². The number of aryl methyl sites for hydroxylation is 2. The van der Waals surface area contributed by atoms with Gasteiger partial charge in [-0.1, -0.05) is 30.7 Å². The Morgan fingerprint density at radius 1 is 1.05 bits per heavy atom. The van der Waals surface area contributed by atoms with Crippen molar-refractivity contribution in [3.63, 3.8) is 0 Å². The molecule has 1 N–H and O–H groups in total. The molecule has 2 aromatic rings. The van der Waals surface area contributed by atoms with Gasteiger partial charge in [-0.2, -0.15) is 5.10 Å². The van der Waals surface area contributed by atoms with Crippen molar-refractivity contribution in [1.82, 2.24) is 15.1 Å². The molecule has 20 heavy (non-hydrogen) atoms. The van der Waals surface area contributed by atoms with Gasteiger partial charge in [-0.3, -0.25) is 4.68 Å². The second-order valence-corrected chi connectivity index (χ2v) is 5.14. The maximum atomic E-state index is 4.32. The van der Waals surface area contributed by atoms with Crippen LogP contribution in [0.1, 0.15) is 31.7 Å². The number of unbranched alkanes of at least 4 members (excludes halogenated alkanes) is 2. The number of hydrogen-bond donors (Lipinski definition) is 1. The summed E-state index contributed by atoms with van der Waals surface area (Å²) >= 11 is 0. The van der Waals surface area contributed by atoms with Gasteiger partial charge in [0.2, 0.25) is 0 Å². The summed E-state index contributed by atoms with van der Waals surface area (Å²) in [7, 11) is 2.01. The van der Waals surface area contributed by atoms with Crippen LogP contribution >= 0.6 is 0 Å². The van der Waals surface area contributed by atoms with Crippen LogP contribution in [0, 0.1) is 0 Å². The molecule has 0 aliphatic heterocycles. The van der Waals surface area contributed by atoms with Crippen molar-refractivity contribution in [3.05, 3.63) is 42.1 Å². The van der Waals surface area contributed by atoms with Gasteiger partial charge < -0.3 is 5.32 Å². The summed E-state index contributed by atoms with van der Waals surface area (Å²) in [5, 5.41) is 7.51. The summed E-state index contributed by atoms with van der Waals surface area (Å²) in [4.78, 5) is 0. The Morgan fingerprint density at radius 2 is 1.85 bits per heavy atom. The minimum atomic E-state index is 0.912. The van der Waals surface area contributed by atoms with E-state index in [1.165, 1.54) is 42.5 Å². The highest BCUT2D eigenvalue weighted by Gasteiger charge is 2.03. The molecule has 108 valence electrons. The van der Waals surface area contributed by atoms with E-state index in [1.54, 1.807) is 0 Å². The monoisotopic (exact) mass is 271 g/mol. The van der Waals surface area contributed by atoms with Crippen molar-refractivity contribution in [2.24, 2.45) is 0 Å². The minimum absolute atomic E-state index is 0.912. The smallest absolute Gasteiger partial charge is 0.0682 e. The molecule has 1 aromatic heterocycles. The number of nitrogens with zero attached hydrogens (tertiary/aromatic N) is 2. The van der Waals surface area contributed by atoms with Crippen LogP contribution in [0.5, 0.6) is 0 Å². The fraction of sp³-hybridized carbons (Fsp3) is 0.471. The third kappa shape index (κ3) is 3.94. The van der Waals surface area contributed by atoms with E-state index in [0.717, 1.165) is 13.1 Å². The second kappa shape index (κ2) is 7.85. The highest BCUT2D eigenvalue weighted by atomic mass is 15.3. The Hall–Kier alpha value is -1.61. The Kier molecular flexibility index (Phi) is 5.81. The molecule has 3 heteroatoms. The molecular formula is C17H25N3. The second-order valence-electron chi connectivity index (χ2n) is 5.14. The van der Waals surface area contributed by atoms with Crippen LogP contribution < -0.4 is 5.32 Å². The molecule has 1 heterocycles. The third-order valence-corrected chi connectivity index (χ3v) is 3.66. The molecule has 0 unspecified atom stereocenters. The number of benzene rings is 1. The zero-order valence-electron chi connectivity index (χ0n) is 12.6. The molecule has 0 radical (unpaired) electrons. The summed E-state index contributed by atoms with van der Waals surface area (Å²) in [5.41, 5.74) is 3.89. The topological polar surface area (TPSA) is 29.9 Å². The first-order valence-electron chi connectivity index (χ1n) is 7.61. The molecule has 0 atom stereocenters. The first-order chi connectivity index (χ1) is 9.85. The van der Waals surface area contributed by atoms with Crippen LogP contribution in [0.2, 0.25) is 0 Å². The van der Waals surface area contributed by atoms with Crippen LogP contribution in [-0.4, -0.2) is 23.4 Å². The van der Waals surface area contributed by atoms with Crippen LogP contribution in [0.25, 0.3) is 11.3 Å². The van der Waals surface area contributed by atoms with Crippen molar-refractivity contribution in [2.75, 3.05) is 13.6 Å². The molecule has 0 saturated carbocycles. The number of hydrogen-bond acceptors (Lipinski definition) is 2. The van der Waals surface area contributed by atoms with E-state index < -0.39 is 0 Å². The summed E-state index contributed by atoms with van der Waals surface area (Å²) < 4.78 is 2.03. The lowest BCUT2D eigenvalue weighted by atomic mass is 10.0. The normalized spacial score (nSPS) is 10.9. The lowest BCUT2D eigenvalue weighted by Gasteiger charge is -2.06. The molecule has 0 fully saturated rings. The first-order valence-corrected chi connectivity index (χ1v) is 7.61. The molecule has 3 nitrogen and oxygen atoms in total. The van der Waals surface area contributed by atoms with Crippen molar-refractivity contribution in [3.8, 4) is 11.3 Å². The molecule has 2 rings (SSSR count). The number of nitrogens with one attached hydrogen (secondary N) is 1. The fourth-order valence-electron chi connectivity index (χ4n) is 2.48. The van der Waals surface area contributed by atoms with E-state index in [4.69, 9.17) is 0 Å². The summed E-state index contributed by atoms with van der Waals surface area (Å²) in [6.45, 7) is 4.16. The molecule has 0 aliphatic carbocycles. The van der Waals surface area contributed by atoms with Gasteiger partial charge in [0, 0.05) is 12.7 Å². The van der Waals surface area contributed by atoms with E-state index in [-0.39, 0.29) is 0 Å². The van der Waals surface area contributed by atoms with Gasteiger partial charge in [0.1, 0.15) is 0 Å². The molecule has 0 amide bonds. The van der Waals surface area contributed by atoms with Gasteiger partial charge in [0.25, 0.3) is 0 Å². The van der Waals surface area contributed by atoms with E-state index in [0.29, 0.717) is 0 Å². The molecule has 0 spiro atoms. The van der Waals surface area contributed by atoms with Gasteiger partial charge >= 0.3 is 0 Å². The summed E-state index contributed by atoms with van der Waals surface area (Å²) in [6.07, 6.45) is 6.88. The maximum absolute atomic E-state index is 4.32. The van der Waals surface area contributed by atoms with E-state index in [1.807, 2.05) is 17.9 Å². The quantitative estimate of drug-likeness (QED) is 0.745. The van der Waals surface area contributed by atoms with Crippen molar-refractivity contribution < 1.29 is 0 Å². The number of aromatic nitrogens is 2. The zero-order chi connectivity index (χ0) is 14.2. The molecule has 0 aliphatic rings. The molecule has 0 saturated heterocycles. The van der Waals surface area contributed by atoms with Crippen LogP contribution in [0.15, 0.2) is 36.5 Å². The molecular weight excluding hydrogens is 246 g/mol. The minimum Gasteiger partial charge on any atom is -0.320 e. The first kappa shape index (κ1) is 14.8. The maximum Gasteiger partial charge on any atom is 0.0682 e. The van der Waals surface area contributed by atoms with Crippen LogP contribution in [0.4, 0.5) is 0 Å². The largest absolute Gasteiger partial charge is 0.320 e. The van der Waals surface area contributed by atoms with Gasteiger partial charge in [-0.05, 0) is 57.0 Å². The summed E-state index contributed by atoms with van der Waals surface area (Å²) in [6, 6.07) is 11.0. The highest BCUT2D eigenvalue weighted by molar-refractivity contribution is 5.59. The highest BCUT2D eigenvalue weighted by Crippen LogP contribution is 2.20. The Morgan fingerprint density at radius 3 is 2.55 bits per heavy atom. The lowest BCUT2D eigenvalue weighted by Crippen LogP contribution is -2.07. The average Bonchev–Trinajstić information content (AvgIpc) is 2.96. The number of rotatable bonds is 8. The SMILES string of the molecule is CCn1nccc1-c1ccc(CCCCCNC)cc1. The zero-order valence-corrected chi connectivity index (χ0v) is 12.6. The van der Waals surface area contributed by atoms with Crippen LogP contribution in [0.3, 0.4) is 0 Å². The lowest BCUT2D eigenvalue weighted by molar-refractivity contribution is 0.642. The Balaban J connectivity index is 1.90. The molecule has 0 bridgehead atoms. The average molecular weight is 271 g/mol. The Bertz CT molecular complexity index is 499. The fourth-order valence-corrected chi connectivity index (χ4v) is 2.48. The predicted octanol–water partition coefficient (Wildman–Crippen LogP) is 3.50. The van der Waals surface area contributed by atoms with Gasteiger partial charge in [0.15, 0.2) is 0 Å². The van der Waals surface area contributed by atoms with Crippen molar-refractivity contribution in [2.45, 2.75) is 39.2 Å². The van der Waals surface area contributed by atoms with Gasteiger partial charge in [-0.15, -0.1) is 0 Å². The standard InChI is InChI=1S/C17H25N3/c1-3-20-17(12-14-19-20)16-10-8-15(9-11-16)7-5-4-6-13-18-2/h8-12,14,18H,3-7,13H2,1-2H3. The van der Waals surface area contributed by atoms with Gasteiger partial charge in [-0.25, -0.2) is 0 Å². The predicted molar refractivity (Wildman–Crippen MR) is 84.8 cm³/mol. The van der Waals surface area contributed by atoms with E-state index >= 15 is 0 Å². The molecule has 1 aromatic carbocycles. The summed E-state index contributed by atoms with van der Waals surface area (Å²) in [5.74, 6) is 0. The third-order valence-electron chi connectivity index (χ3n) is 3.66.